The summed E-state index contributed by atoms with van der Waals surface area (Å²) >= 11 is 7.49. The fourth-order valence-electron chi connectivity index (χ4n) is 1.30. The van der Waals surface area contributed by atoms with Crippen molar-refractivity contribution in [3.63, 3.8) is 0 Å². The number of halogens is 2. The van der Waals surface area contributed by atoms with Gasteiger partial charge in [0, 0.05) is 11.8 Å². The monoisotopic (exact) mass is 247 g/mol. The molecular formula is C11H15ClFNS. The lowest BCUT2D eigenvalue weighted by Gasteiger charge is -2.10. The minimum absolute atomic E-state index is 0.108. The quantitative estimate of drug-likeness (QED) is 0.865. The second-order valence-corrected chi connectivity index (χ2v) is 5.10. The van der Waals surface area contributed by atoms with Crippen molar-refractivity contribution in [1.29, 1.82) is 0 Å². The molecule has 1 aromatic carbocycles. The van der Waals surface area contributed by atoms with Gasteiger partial charge in [-0.15, -0.1) is 0 Å². The van der Waals surface area contributed by atoms with Gasteiger partial charge in [0.1, 0.15) is 5.82 Å². The molecule has 0 radical (unpaired) electrons. The van der Waals surface area contributed by atoms with Crippen LogP contribution in [0.4, 0.5) is 4.39 Å². The maximum Gasteiger partial charge on any atom is 0.141 e. The fraction of sp³-hybridized carbons (Fsp3) is 0.455. The molecule has 0 aromatic heterocycles. The van der Waals surface area contributed by atoms with Crippen molar-refractivity contribution in [2.24, 2.45) is 5.73 Å². The zero-order valence-electron chi connectivity index (χ0n) is 8.67. The van der Waals surface area contributed by atoms with Gasteiger partial charge in [-0.05, 0) is 29.9 Å². The van der Waals surface area contributed by atoms with Crippen LogP contribution in [0.5, 0.6) is 0 Å². The van der Waals surface area contributed by atoms with Gasteiger partial charge < -0.3 is 5.73 Å². The smallest absolute Gasteiger partial charge is 0.141 e. The maximum absolute atomic E-state index is 12.9. The van der Waals surface area contributed by atoms with E-state index in [1.165, 1.54) is 6.07 Å². The van der Waals surface area contributed by atoms with Gasteiger partial charge in [-0.25, -0.2) is 4.39 Å². The molecule has 0 heterocycles. The third kappa shape index (κ3) is 4.41. The Hall–Kier alpha value is -0.250. The van der Waals surface area contributed by atoms with Crippen LogP contribution >= 0.6 is 23.4 Å². The number of rotatable bonds is 5. The molecule has 0 aliphatic rings. The van der Waals surface area contributed by atoms with E-state index >= 15 is 0 Å². The third-order valence-corrected chi connectivity index (χ3v) is 3.38. The SMILES string of the molecule is CCSCC(N)Cc1ccc(F)c(Cl)c1. The van der Waals surface area contributed by atoms with Gasteiger partial charge >= 0.3 is 0 Å². The van der Waals surface area contributed by atoms with Crippen LogP contribution in [0.3, 0.4) is 0 Å². The van der Waals surface area contributed by atoms with Crippen molar-refractivity contribution in [1.82, 2.24) is 0 Å². The Morgan fingerprint density at radius 2 is 2.27 bits per heavy atom. The molecule has 0 fully saturated rings. The molecule has 0 saturated carbocycles. The van der Waals surface area contributed by atoms with E-state index in [4.69, 9.17) is 17.3 Å². The van der Waals surface area contributed by atoms with Gasteiger partial charge in [0.15, 0.2) is 0 Å². The number of hydrogen-bond donors (Lipinski definition) is 1. The van der Waals surface area contributed by atoms with Gasteiger partial charge in [-0.1, -0.05) is 24.6 Å². The van der Waals surface area contributed by atoms with Crippen molar-refractivity contribution in [2.45, 2.75) is 19.4 Å². The summed E-state index contributed by atoms with van der Waals surface area (Å²) < 4.78 is 12.9. The topological polar surface area (TPSA) is 26.0 Å². The first-order chi connectivity index (χ1) is 7.13. The summed E-state index contributed by atoms with van der Waals surface area (Å²) in [5, 5.41) is 0.169. The lowest BCUT2D eigenvalue weighted by molar-refractivity contribution is 0.626. The molecule has 15 heavy (non-hydrogen) atoms. The Labute approximate surface area is 99.2 Å². The lowest BCUT2D eigenvalue weighted by atomic mass is 10.1. The van der Waals surface area contributed by atoms with E-state index in [1.54, 1.807) is 12.1 Å². The van der Waals surface area contributed by atoms with E-state index < -0.39 is 0 Å². The average Bonchev–Trinajstić information content (AvgIpc) is 2.20. The summed E-state index contributed by atoms with van der Waals surface area (Å²) in [6.07, 6.45) is 0.743. The molecule has 4 heteroatoms. The van der Waals surface area contributed by atoms with Crippen LogP contribution in [0, 0.1) is 5.82 Å². The van der Waals surface area contributed by atoms with Crippen LogP contribution in [0.25, 0.3) is 0 Å². The lowest BCUT2D eigenvalue weighted by Crippen LogP contribution is -2.25. The van der Waals surface area contributed by atoms with Crippen LogP contribution in [-0.4, -0.2) is 17.5 Å². The van der Waals surface area contributed by atoms with Gasteiger partial charge in [0.05, 0.1) is 5.02 Å². The first-order valence-electron chi connectivity index (χ1n) is 4.90. The van der Waals surface area contributed by atoms with Gasteiger partial charge in [-0.2, -0.15) is 11.8 Å². The molecule has 1 nitrogen and oxygen atoms in total. The maximum atomic E-state index is 12.9. The van der Waals surface area contributed by atoms with E-state index in [0.717, 1.165) is 23.5 Å². The van der Waals surface area contributed by atoms with Crippen molar-refractivity contribution in [3.05, 3.63) is 34.6 Å². The van der Waals surface area contributed by atoms with Crippen molar-refractivity contribution < 1.29 is 4.39 Å². The summed E-state index contributed by atoms with van der Waals surface area (Å²) in [6.45, 7) is 2.10. The number of hydrogen-bond acceptors (Lipinski definition) is 2. The highest BCUT2D eigenvalue weighted by Gasteiger charge is 2.06. The summed E-state index contributed by atoms with van der Waals surface area (Å²) in [6, 6.07) is 4.87. The standard InChI is InChI=1S/C11H15ClFNS/c1-2-15-7-9(14)5-8-3-4-11(13)10(12)6-8/h3-4,6,9H,2,5,7,14H2,1H3. The van der Waals surface area contributed by atoms with Crippen LogP contribution in [0.15, 0.2) is 18.2 Å². The summed E-state index contributed by atoms with van der Waals surface area (Å²) in [7, 11) is 0. The average molecular weight is 248 g/mol. The molecule has 1 unspecified atom stereocenters. The number of nitrogens with two attached hydrogens (primary N) is 1. The highest BCUT2D eigenvalue weighted by atomic mass is 35.5. The highest BCUT2D eigenvalue weighted by molar-refractivity contribution is 7.99. The Kier molecular flexibility index (Phi) is 5.43. The second-order valence-electron chi connectivity index (χ2n) is 3.37. The molecule has 0 bridgehead atoms. The molecule has 0 saturated heterocycles. The molecule has 1 atom stereocenters. The van der Waals surface area contributed by atoms with Crippen LogP contribution < -0.4 is 5.73 Å². The van der Waals surface area contributed by atoms with E-state index in [9.17, 15) is 4.39 Å². The van der Waals surface area contributed by atoms with Gasteiger partial charge in [0.2, 0.25) is 0 Å². The van der Waals surface area contributed by atoms with E-state index in [1.807, 2.05) is 11.8 Å². The van der Waals surface area contributed by atoms with Crippen molar-refractivity contribution in [2.75, 3.05) is 11.5 Å². The molecular weight excluding hydrogens is 233 g/mol. The van der Waals surface area contributed by atoms with Gasteiger partial charge in [-0.3, -0.25) is 0 Å². The first kappa shape index (κ1) is 12.8. The van der Waals surface area contributed by atoms with Crippen LogP contribution in [0.1, 0.15) is 12.5 Å². The zero-order chi connectivity index (χ0) is 11.3. The van der Waals surface area contributed by atoms with E-state index in [-0.39, 0.29) is 16.9 Å². The Bertz CT molecular complexity index is 319. The minimum Gasteiger partial charge on any atom is -0.327 e. The molecule has 2 N–H and O–H groups in total. The van der Waals surface area contributed by atoms with Crippen molar-refractivity contribution >= 4 is 23.4 Å². The fourth-order valence-corrected chi connectivity index (χ4v) is 2.16. The van der Waals surface area contributed by atoms with E-state index in [2.05, 4.69) is 6.92 Å². The summed E-state index contributed by atoms with van der Waals surface area (Å²) in [5.41, 5.74) is 6.91. The first-order valence-corrected chi connectivity index (χ1v) is 6.44. The Morgan fingerprint density at radius 3 is 2.87 bits per heavy atom. The Morgan fingerprint density at radius 1 is 1.53 bits per heavy atom. The summed E-state index contributed by atoms with van der Waals surface area (Å²) in [4.78, 5) is 0. The molecule has 1 rings (SSSR count). The van der Waals surface area contributed by atoms with Crippen molar-refractivity contribution in [3.8, 4) is 0 Å². The largest absolute Gasteiger partial charge is 0.327 e. The normalized spacial score (nSPS) is 12.8. The minimum atomic E-state index is -0.378. The Balaban J connectivity index is 2.53. The van der Waals surface area contributed by atoms with E-state index in [0.29, 0.717) is 0 Å². The molecule has 0 spiro atoms. The van der Waals surface area contributed by atoms with Gasteiger partial charge in [0.25, 0.3) is 0 Å². The molecule has 1 aromatic rings. The zero-order valence-corrected chi connectivity index (χ0v) is 10.2. The molecule has 84 valence electrons. The predicted octanol–water partition coefficient (Wildman–Crippen LogP) is 3.10. The second kappa shape index (κ2) is 6.36. The molecule has 0 amide bonds. The summed E-state index contributed by atoms with van der Waals surface area (Å²) in [5.74, 6) is 1.61. The van der Waals surface area contributed by atoms with Crippen LogP contribution in [-0.2, 0) is 6.42 Å². The highest BCUT2D eigenvalue weighted by Crippen LogP contribution is 2.17. The molecule has 0 aliphatic carbocycles. The number of thioether (sulfide) groups is 1. The molecule has 0 aliphatic heterocycles. The van der Waals surface area contributed by atoms with Crippen LogP contribution in [0.2, 0.25) is 5.02 Å². The predicted molar refractivity (Wildman–Crippen MR) is 66.1 cm³/mol. The number of benzene rings is 1. The third-order valence-electron chi connectivity index (χ3n) is 2.02.